The molecular weight excluding hydrogens is 390 g/mol. The van der Waals surface area contributed by atoms with E-state index in [0.717, 1.165) is 6.42 Å². The first kappa shape index (κ1) is 26.1. The van der Waals surface area contributed by atoms with Crippen LogP contribution in [0, 0.1) is 5.41 Å². The van der Waals surface area contributed by atoms with Gasteiger partial charge in [0.25, 0.3) is 0 Å². The lowest BCUT2D eigenvalue weighted by Gasteiger charge is -2.42. The van der Waals surface area contributed by atoms with Gasteiger partial charge in [-0.2, -0.15) is 0 Å². The van der Waals surface area contributed by atoms with Crippen LogP contribution in [0.1, 0.15) is 33.1 Å². The molecule has 1 saturated heterocycles. The Hall–Kier alpha value is -0.890. The summed E-state index contributed by atoms with van der Waals surface area (Å²) in [5.41, 5.74) is 4.99. The minimum atomic E-state index is -1.54. The van der Waals surface area contributed by atoms with Crippen molar-refractivity contribution in [3.63, 3.8) is 0 Å². The molecule has 0 radical (unpaired) electrons. The number of carbonyl (C=O) groups is 1. The first-order chi connectivity index (χ1) is 13.6. The smallest absolute Gasteiger partial charge is 0.335 e. The van der Waals surface area contributed by atoms with Crippen molar-refractivity contribution in [1.82, 2.24) is 0 Å². The molecule has 8 atom stereocenters. The molecule has 11 heteroatoms. The van der Waals surface area contributed by atoms with Gasteiger partial charge in [0, 0.05) is 0 Å². The summed E-state index contributed by atoms with van der Waals surface area (Å²) in [7, 11) is 0. The van der Waals surface area contributed by atoms with Gasteiger partial charge < -0.3 is 50.6 Å². The average molecular weight is 425 g/mol. The Bertz CT molecular complexity index is 487. The van der Waals surface area contributed by atoms with E-state index in [4.69, 9.17) is 19.9 Å². The van der Waals surface area contributed by atoms with Crippen molar-refractivity contribution in [2.45, 2.75) is 76.0 Å². The van der Waals surface area contributed by atoms with Gasteiger partial charge in [-0.3, -0.25) is 0 Å². The standard InChI is InChI=1S/C18H35NO10/c1-3-4-18(2,5-6-19)15(29-12(7-20)16(25)26)11(22)9-28-17-14(24)13(23)10(21)8-27-17/h10-15,17,20-24H,3-9,19H2,1-2H3,(H,25,26). The summed E-state index contributed by atoms with van der Waals surface area (Å²) in [5.74, 6) is -1.37. The van der Waals surface area contributed by atoms with E-state index >= 15 is 0 Å². The molecule has 0 bridgehead atoms. The minimum Gasteiger partial charge on any atom is -0.479 e. The lowest BCUT2D eigenvalue weighted by Crippen LogP contribution is -2.55. The SMILES string of the molecule is CCCC(C)(CCN)C(OC(CO)C(=O)O)C(O)COC1OCC(O)C(O)C1O. The monoisotopic (exact) mass is 425 g/mol. The molecule has 8 unspecified atom stereocenters. The highest BCUT2D eigenvalue weighted by Gasteiger charge is 2.43. The summed E-state index contributed by atoms with van der Waals surface area (Å²) < 4.78 is 16.1. The lowest BCUT2D eigenvalue weighted by atomic mass is 9.75. The van der Waals surface area contributed by atoms with Gasteiger partial charge in [0.05, 0.1) is 25.9 Å². The van der Waals surface area contributed by atoms with E-state index in [-0.39, 0.29) is 13.2 Å². The molecule has 1 aliphatic heterocycles. The number of ether oxygens (including phenoxy) is 3. The number of rotatable bonds is 13. The molecule has 1 heterocycles. The van der Waals surface area contributed by atoms with Crippen molar-refractivity contribution in [2.24, 2.45) is 11.1 Å². The van der Waals surface area contributed by atoms with Gasteiger partial charge in [-0.15, -0.1) is 0 Å². The quantitative estimate of drug-likeness (QED) is 0.169. The maximum absolute atomic E-state index is 11.3. The summed E-state index contributed by atoms with van der Waals surface area (Å²) >= 11 is 0. The van der Waals surface area contributed by atoms with Gasteiger partial charge in [0.2, 0.25) is 0 Å². The Labute approximate surface area is 170 Å². The predicted octanol–water partition coefficient (Wildman–Crippen LogP) is -2.21. The number of aliphatic carboxylic acids is 1. The third-order valence-electron chi connectivity index (χ3n) is 5.21. The second-order valence-electron chi connectivity index (χ2n) is 7.66. The van der Waals surface area contributed by atoms with Crippen LogP contribution < -0.4 is 5.73 Å². The molecule has 1 rings (SSSR count). The highest BCUT2D eigenvalue weighted by atomic mass is 16.7. The van der Waals surface area contributed by atoms with Gasteiger partial charge in [-0.25, -0.2) is 4.79 Å². The van der Waals surface area contributed by atoms with Crippen LogP contribution in [0.3, 0.4) is 0 Å². The summed E-state index contributed by atoms with van der Waals surface area (Å²) in [4.78, 5) is 11.3. The van der Waals surface area contributed by atoms with Crippen molar-refractivity contribution < 1.29 is 49.6 Å². The Kier molecular flexibility index (Phi) is 10.9. The van der Waals surface area contributed by atoms with Gasteiger partial charge in [0.1, 0.15) is 24.4 Å². The van der Waals surface area contributed by atoms with E-state index in [1.807, 2.05) is 6.92 Å². The van der Waals surface area contributed by atoms with E-state index in [2.05, 4.69) is 0 Å². The van der Waals surface area contributed by atoms with Crippen LogP contribution >= 0.6 is 0 Å². The number of hydrogen-bond donors (Lipinski definition) is 7. The Morgan fingerprint density at radius 3 is 2.45 bits per heavy atom. The minimum absolute atomic E-state index is 0.259. The molecule has 0 aromatic heterocycles. The molecule has 0 aliphatic carbocycles. The van der Waals surface area contributed by atoms with Gasteiger partial charge in [0.15, 0.2) is 12.4 Å². The molecule has 11 nitrogen and oxygen atoms in total. The maximum atomic E-state index is 11.3. The van der Waals surface area contributed by atoms with Crippen LogP contribution in [0.5, 0.6) is 0 Å². The fraction of sp³-hybridized carbons (Fsp3) is 0.944. The molecule has 1 fully saturated rings. The van der Waals surface area contributed by atoms with Crippen molar-refractivity contribution >= 4 is 5.97 Å². The number of aliphatic hydroxyl groups excluding tert-OH is 5. The Balaban J connectivity index is 2.94. The number of hydrogen-bond acceptors (Lipinski definition) is 10. The van der Waals surface area contributed by atoms with Gasteiger partial charge in [-0.05, 0) is 24.8 Å². The van der Waals surface area contributed by atoms with E-state index in [0.29, 0.717) is 12.8 Å². The van der Waals surface area contributed by atoms with Crippen LogP contribution in [0.15, 0.2) is 0 Å². The third kappa shape index (κ3) is 7.09. The second kappa shape index (κ2) is 12.1. The molecule has 0 amide bonds. The molecular formula is C18H35NO10. The highest BCUT2D eigenvalue weighted by Crippen LogP contribution is 2.36. The van der Waals surface area contributed by atoms with Crippen molar-refractivity contribution in [2.75, 3.05) is 26.4 Å². The molecule has 172 valence electrons. The molecule has 0 spiro atoms. The van der Waals surface area contributed by atoms with Crippen molar-refractivity contribution in [3.05, 3.63) is 0 Å². The molecule has 0 aromatic carbocycles. The topological polar surface area (TPSA) is 192 Å². The van der Waals surface area contributed by atoms with Crippen LogP contribution in [-0.2, 0) is 19.0 Å². The fourth-order valence-corrected chi connectivity index (χ4v) is 3.59. The van der Waals surface area contributed by atoms with Crippen LogP contribution in [0.4, 0.5) is 0 Å². The molecule has 0 aromatic rings. The summed E-state index contributed by atoms with van der Waals surface area (Å²) in [6.45, 7) is 2.56. The largest absolute Gasteiger partial charge is 0.479 e. The predicted molar refractivity (Wildman–Crippen MR) is 99.8 cm³/mol. The van der Waals surface area contributed by atoms with Crippen LogP contribution in [0.2, 0.25) is 0 Å². The van der Waals surface area contributed by atoms with E-state index in [1.54, 1.807) is 6.92 Å². The van der Waals surface area contributed by atoms with Crippen molar-refractivity contribution in [3.8, 4) is 0 Å². The normalized spacial score (nSPS) is 30.3. The van der Waals surface area contributed by atoms with Crippen LogP contribution in [0.25, 0.3) is 0 Å². The lowest BCUT2D eigenvalue weighted by molar-refractivity contribution is -0.279. The van der Waals surface area contributed by atoms with Gasteiger partial charge >= 0.3 is 5.97 Å². The van der Waals surface area contributed by atoms with Gasteiger partial charge in [-0.1, -0.05) is 20.3 Å². The Morgan fingerprint density at radius 2 is 1.93 bits per heavy atom. The molecule has 8 N–H and O–H groups in total. The summed E-state index contributed by atoms with van der Waals surface area (Å²) in [6.07, 6.45) is -7.76. The third-order valence-corrected chi connectivity index (χ3v) is 5.21. The Morgan fingerprint density at radius 1 is 1.28 bits per heavy atom. The first-order valence-corrected chi connectivity index (χ1v) is 9.75. The summed E-state index contributed by atoms with van der Waals surface area (Å²) in [5, 5.41) is 58.4. The molecule has 1 aliphatic rings. The number of carboxylic acids is 1. The van der Waals surface area contributed by atoms with E-state index in [9.17, 15) is 35.4 Å². The second-order valence-corrected chi connectivity index (χ2v) is 7.66. The zero-order valence-corrected chi connectivity index (χ0v) is 16.9. The molecule has 0 saturated carbocycles. The number of carboxylic acid groups (broad SMARTS) is 1. The van der Waals surface area contributed by atoms with E-state index in [1.165, 1.54) is 0 Å². The fourth-order valence-electron chi connectivity index (χ4n) is 3.59. The van der Waals surface area contributed by atoms with Crippen LogP contribution in [-0.4, -0.2) is 106 Å². The molecule has 29 heavy (non-hydrogen) atoms. The zero-order valence-electron chi connectivity index (χ0n) is 16.9. The van der Waals surface area contributed by atoms with Crippen molar-refractivity contribution in [1.29, 1.82) is 0 Å². The number of aliphatic hydroxyl groups is 5. The zero-order chi connectivity index (χ0) is 22.2. The first-order valence-electron chi connectivity index (χ1n) is 9.75. The highest BCUT2D eigenvalue weighted by molar-refractivity contribution is 5.72. The average Bonchev–Trinajstić information content (AvgIpc) is 2.66. The summed E-state index contributed by atoms with van der Waals surface area (Å²) in [6, 6.07) is 0. The van der Waals surface area contributed by atoms with E-state index < -0.39 is 67.5 Å². The maximum Gasteiger partial charge on any atom is 0.335 e. The number of nitrogens with two attached hydrogens (primary N) is 1.